The minimum Gasteiger partial charge on any atom is -0.330 e. The van der Waals surface area contributed by atoms with E-state index in [1.807, 2.05) is 80.6 Å². The quantitative estimate of drug-likeness (QED) is 0.624. The Bertz CT molecular complexity index is 848. The van der Waals surface area contributed by atoms with Gasteiger partial charge >= 0.3 is 0 Å². The molecule has 0 aliphatic heterocycles. The highest BCUT2D eigenvalue weighted by atomic mass is 16.1. The number of amides is 1. The number of benzene rings is 3. The van der Waals surface area contributed by atoms with E-state index in [-0.39, 0.29) is 11.8 Å². The van der Waals surface area contributed by atoms with E-state index < -0.39 is 0 Å². The third-order valence-electron chi connectivity index (χ3n) is 4.21. The summed E-state index contributed by atoms with van der Waals surface area (Å²) in [4.78, 5) is 14.3. The molecule has 27 heavy (non-hydrogen) atoms. The van der Waals surface area contributed by atoms with Gasteiger partial charge in [-0.05, 0) is 29.8 Å². The summed E-state index contributed by atoms with van der Waals surface area (Å²) in [7, 11) is 0. The van der Waals surface area contributed by atoms with Crippen molar-refractivity contribution in [1.29, 1.82) is 0 Å². The molecule has 0 atom stereocenters. The average Bonchev–Trinajstić information content (AvgIpc) is 2.72. The van der Waals surface area contributed by atoms with E-state index in [1.54, 1.807) is 6.20 Å². The molecule has 0 aromatic heterocycles. The van der Waals surface area contributed by atoms with Gasteiger partial charge in [0.2, 0.25) is 5.91 Å². The third kappa shape index (κ3) is 4.64. The fourth-order valence-corrected chi connectivity index (χ4v) is 2.77. The largest absolute Gasteiger partial charge is 0.330 e. The summed E-state index contributed by atoms with van der Waals surface area (Å²) in [5.41, 5.74) is 3.98. The molecule has 1 amide bonds. The van der Waals surface area contributed by atoms with Crippen LogP contribution in [0.4, 0.5) is 11.4 Å². The van der Waals surface area contributed by atoms with E-state index in [9.17, 15) is 4.79 Å². The predicted octanol–water partition coefficient (Wildman–Crippen LogP) is 5.60. The maximum atomic E-state index is 12.2. The third-order valence-corrected chi connectivity index (χ3v) is 4.21. The van der Waals surface area contributed by atoms with Crippen LogP contribution in [-0.2, 0) is 4.79 Å². The smallest absolute Gasteiger partial charge is 0.226 e. The van der Waals surface area contributed by atoms with Gasteiger partial charge < -0.3 is 10.2 Å². The van der Waals surface area contributed by atoms with Crippen LogP contribution in [0, 0.1) is 5.92 Å². The fourth-order valence-electron chi connectivity index (χ4n) is 2.77. The Morgan fingerprint density at radius 3 is 1.67 bits per heavy atom. The molecule has 1 N–H and O–H groups in total. The number of rotatable bonds is 6. The highest BCUT2D eigenvalue weighted by molar-refractivity contribution is 5.89. The molecule has 0 spiro atoms. The minimum absolute atomic E-state index is 0.00972. The van der Waals surface area contributed by atoms with Crippen LogP contribution >= 0.6 is 0 Å². The lowest BCUT2D eigenvalue weighted by Crippen LogP contribution is -2.25. The van der Waals surface area contributed by atoms with Crippen molar-refractivity contribution in [3.63, 3.8) is 0 Å². The van der Waals surface area contributed by atoms with Crippen LogP contribution in [0.25, 0.3) is 5.70 Å². The van der Waals surface area contributed by atoms with E-state index in [1.165, 1.54) is 0 Å². The lowest BCUT2D eigenvalue weighted by molar-refractivity contribution is -0.123. The van der Waals surface area contributed by atoms with Gasteiger partial charge in [0.1, 0.15) is 0 Å². The molecule has 3 heteroatoms. The first-order chi connectivity index (χ1) is 13.2. The molecule has 0 aliphatic rings. The maximum absolute atomic E-state index is 12.2. The normalized spacial score (nSPS) is 11.3. The van der Waals surface area contributed by atoms with Crippen molar-refractivity contribution >= 4 is 23.0 Å². The monoisotopic (exact) mass is 356 g/mol. The molecule has 3 nitrogen and oxygen atoms in total. The van der Waals surface area contributed by atoms with Crippen LogP contribution in [0.15, 0.2) is 97.2 Å². The number of anilines is 2. The van der Waals surface area contributed by atoms with Gasteiger partial charge in [0.25, 0.3) is 0 Å². The Labute approximate surface area is 161 Å². The standard InChI is InChI=1S/C24H24N2O/c1-19(2)24(27)25-18-23(20-12-6-3-7-13-20)26(21-14-8-4-9-15-21)22-16-10-5-11-17-22/h3-19H,1-2H3,(H,25,27)/b23-18-. The first kappa shape index (κ1) is 18.5. The summed E-state index contributed by atoms with van der Waals surface area (Å²) in [5.74, 6) is -0.0929. The van der Waals surface area contributed by atoms with Crippen LogP contribution < -0.4 is 10.2 Å². The molecule has 3 aromatic carbocycles. The van der Waals surface area contributed by atoms with Gasteiger partial charge in [0.05, 0.1) is 5.70 Å². The van der Waals surface area contributed by atoms with Crippen molar-refractivity contribution in [3.05, 3.63) is 103 Å². The summed E-state index contributed by atoms with van der Waals surface area (Å²) < 4.78 is 0. The second-order valence-electron chi connectivity index (χ2n) is 6.57. The molecule has 3 aromatic rings. The van der Waals surface area contributed by atoms with Gasteiger partial charge in [0.15, 0.2) is 0 Å². The van der Waals surface area contributed by atoms with Gasteiger partial charge in [-0.3, -0.25) is 4.79 Å². The molecule has 0 radical (unpaired) electrons. The molecule has 0 unspecified atom stereocenters. The van der Waals surface area contributed by atoms with Crippen LogP contribution in [0.2, 0.25) is 0 Å². The predicted molar refractivity (Wildman–Crippen MR) is 112 cm³/mol. The lowest BCUT2D eigenvalue weighted by Gasteiger charge is -2.28. The summed E-state index contributed by atoms with van der Waals surface area (Å²) in [6.45, 7) is 3.77. The van der Waals surface area contributed by atoms with Crippen molar-refractivity contribution in [2.24, 2.45) is 5.92 Å². The Morgan fingerprint density at radius 1 is 0.778 bits per heavy atom. The van der Waals surface area contributed by atoms with Crippen LogP contribution in [0.3, 0.4) is 0 Å². The second kappa shape index (κ2) is 8.86. The Morgan fingerprint density at radius 2 is 1.22 bits per heavy atom. The zero-order valence-electron chi connectivity index (χ0n) is 15.7. The second-order valence-corrected chi connectivity index (χ2v) is 6.57. The lowest BCUT2D eigenvalue weighted by atomic mass is 10.1. The minimum atomic E-state index is -0.0832. The van der Waals surface area contributed by atoms with Gasteiger partial charge in [-0.2, -0.15) is 0 Å². The molecule has 0 aliphatic carbocycles. The Balaban J connectivity index is 2.13. The topological polar surface area (TPSA) is 32.3 Å². The fraction of sp³-hybridized carbons (Fsp3) is 0.125. The Kier molecular flexibility index (Phi) is 6.06. The first-order valence-corrected chi connectivity index (χ1v) is 9.13. The van der Waals surface area contributed by atoms with Crippen molar-refractivity contribution in [2.45, 2.75) is 13.8 Å². The summed E-state index contributed by atoms with van der Waals surface area (Å²) in [6, 6.07) is 30.4. The van der Waals surface area contributed by atoms with E-state index in [2.05, 4.69) is 34.5 Å². The van der Waals surface area contributed by atoms with Crippen molar-refractivity contribution < 1.29 is 4.79 Å². The van der Waals surface area contributed by atoms with Crippen LogP contribution in [0.1, 0.15) is 19.4 Å². The van der Waals surface area contributed by atoms with E-state index in [4.69, 9.17) is 0 Å². The number of nitrogens with one attached hydrogen (secondary N) is 1. The zero-order valence-corrected chi connectivity index (χ0v) is 15.7. The zero-order chi connectivity index (χ0) is 19.1. The van der Waals surface area contributed by atoms with Crippen LogP contribution in [-0.4, -0.2) is 5.91 Å². The van der Waals surface area contributed by atoms with Crippen molar-refractivity contribution in [3.8, 4) is 0 Å². The van der Waals surface area contributed by atoms with E-state index in [0.29, 0.717) is 0 Å². The number of para-hydroxylation sites is 2. The molecule has 0 fully saturated rings. The first-order valence-electron chi connectivity index (χ1n) is 9.13. The molecule has 0 saturated carbocycles. The van der Waals surface area contributed by atoms with Crippen molar-refractivity contribution in [2.75, 3.05) is 4.90 Å². The molecular weight excluding hydrogens is 332 g/mol. The molecular formula is C24H24N2O. The summed E-state index contributed by atoms with van der Waals surface area (Å²) in [5, 5.41) is 2.96. The maximum Gasteiger partial charge on any atom is 0.226 e. The summed E-state index contributed by atoms with van der Waals surface area (Å²) >= 11 is 0. The molecule has 0 saturated heterocycles. The molecule has 0 bridgehead atoms. The van der Waals surface area contributed by atoms with E-state index in [0.717, 1.165) is 22.6 Å². The van der Waals surface area contributed by atoms with Gasteiger partial charge in [0, 0.05) is 23.5 Å². The van der Waals surface area contributed by atoms with E-state index >= 15 is 0 Å². The average molecular weight is 356 g/mol. The van der Waals surface area contributed by atoms with Crippen molar-refractivity contribution in [1.82, 2.24) is 5.32 Å². The Hall–Kier alpha value is -3.33. The van der Waals surface area contributed by atoms with Gasteiger partial charge in [-0.15, -0.1) is 0 Å². The SMILES string of the molecule is CC(C)C(=O)N/C=C(/c1ccccc1)N(c1ccccc1)c1ccccc1. The summed E-state index contributed by atoms with van der Waals surface area (Å²) in [6.07, 6.45) is 1.80. The molecule has 136 valence electrons. The molecule has 0 heterocycles. The van der Waals surface area contributed by atoms with Gasteiger partial charge in [-0.25, -0.2) is 0 Å². The number of carbonyl (C=O) groups is 1. The number of nitrogens with zero attached hydrogens (tertiary/aromatic N) is 1. The number of hydrogen-bond acceptors (Lipinski definition) is 2. The number of carbonyl (C=O) groups excluding carboxylic acids is 1. The molecule has 3 rings (SSSR count). The van der Waals surface area contributed by atoms with Gasteiger partial charge in [-0.1, -0.05) is 80.6 Å². The van der Waals surface area contributed by atoms with Crippen LogP contribution in [0.5, 0.6) is 0 Å². The highest BCUT2D eigenvalue weighted by Gasteiger charge is 2.17. The highest BCUT2D eigenvalue weighted by Crippen LogP contribution is 2.34. The number of hydrogen-bond donors (Lipinski definition) is 1.